The molecule has 3 heteroatoms. The Hall–Kier alpha value is -0.900. The van der Waals surface area contributed by atoms with Crippen LogP contribution in [-0.4, -0.2) is 31.9 Å². The molecule has 1 aliphatic carbocycles. The molecule has 0 spiro atoms. The maximum atomic E-state index is 10.8. The summed E-state index contributed by atoms with van der Waals surface area (Å²) in [6.45, 7) is 4.28. The lowest BCUT2D eigenvalue weighted by Crippen LogP contribution is -2.42. The molecular weight excluding hydrogens is 226 g/mol. The van der Waals surface area contributed by atoms with E-state index in [9.17, 15) is 5.11 Å². The van der Waals surface area contributed by atoms with Crippen molar-refractivity contribution < 1.29 is 9.84 Å². The van der Waals surface area contributed by atoms with E-state index in [1.54, 1.807) is 7.11 Å². The van der Waals surface area contributed by atoms with Gasteiger partial charge in [0.1, 0.15) is 5.60 Å². The second-order valence-electron chi connectivity index (χ2n) is 5.23. The van der Waals surface area contributed by atoms with Gasteiger partial charge in [0.25, 0.3) is 0 Å². The molecule has 100 valence electrons. The van der Waals surface area contributed by atoms with Crippen molar-refractivity contribution >= 4 is 0 Å². The molecule has 0 amide bonds. The van der Waals surface area contributed by atoms with Crippen LogP contribution < -0.4 is 5.32 Å². The highest BCUT2D eigenvalue weighted by molar-refractivity contribution is 5.37. The zero-order valence-corrected chi connectivity index (χ0v) is 11.3. The van der Waals surface area contributed by atoms with Gasteiger partial charge in [-0.2, -0.15) is 0 Å². The lowest BCUT2D eigenvalue weighted by molar-refractivity contribution is 0.0150. The van der Waals surface area contributed by atoms with Crippen LogP contribution in [0.15, 0.2) is 24.3 Å². The molecule has 0 saturated heterocycles. The lowest BCUT2D eigenvalue weighted by atomic mass is 9.74. The quantitative estimate of drug-likeness (QED) is 0.784. The fourth-order valence-corrected chi connectivity index (χ4v) is 2.75. The molecule has 18 heavy (non-hydrogen) atoms. The van der Waals surface area contributed by atoms with Crippen molar-refractivity contribution in [2.24, 2.45) is 0 Å². The molecule has 2 N–H and O–H groups in total. The monoisotopic (exact) mass is 249 g/mol. The molecule has 0 fully saturated rings. The summed E-state index contributed by atoms with van der Waals surface area (Å²) in [5, 5.41) is 14.1. The number of ether oxygens (including phenoxy) is 1. The Morgan fingerprint density at radius 2 is 2.22 bits per heavy atom. The van der Waals surface area contributed by atoms with Gasteiger partial charge < -0.3 is 15.2 Å². The van der Waals surface area contributed by atoms with Gasteiger partial charge >= 0.3 is 0 Å². The maximum Gasteiger partial charge on any atom is 0.102 e. The van der Waals surface area contributed by atoms with Crippen LogP contribution >= 0.6 is 0 Å². The number of methoxy groups -OCH3 is 1. The molecular formula is C15H23NO2. The van der Waals surface area contributed by atoms with E-state index < -0.39 is 5.60 Å². The second-order valence-corrected chi connectivity index (χ2v) is 5.23. The van der Waals surface area contributed by atoms with Crippen molar-refractivity contribution in [2.75, 3.05) is 26.8 Å². The maximum absolute atomic E-state index is 10.8. The van der Waals surface area contributed by atoms with E-state index in [2.05, 4.69) is 30.4 Å². The van der Waals surface area contributed by atoms with Crippen LogP contribution in [0.5, 0.6) is 0 Å². The van der Waals surface area contributed by atoms with E-state index >= 15 is 0 Å². The minimum absolute atomic E-state index is 0.542. The highest BCUT2D eigenvalue weighted by Crippen LogP contribution is 2.40. The molecule has 2 atom stereocenters. The first-order chi connectivity index (χ1) is 8.67. The van der Waals surface area contributed by atoms with Gasteiger partial charge in [-0.3, -0.25) is 0 Å². The van der Waals surface area contributed by atoms with Crippen LogP contribution in [0.25, 0.3) is 0 Å². The minimum Gasteiger partial charge on any atom is -0.384 e. The molecule has 2 unspecified atom stereocenters. The predicted molar refractivity (Wildman–Crippen MR) is 72.7 cm³/mol. The van der Waals surface area contributed by atoms with Gasteiger partial charge in [-0.05, 0) is 29.9 Å². The predicted octanol–water partition coefficient (Wildman–Crippen LogP) is 2.01. The van der Waals surface area contributed by atoms with Gasteiger partial charge in [-0.15, -0.1) is 0 Å². The highest BCUT2D eigenvalue weighted by Gasteiger charge is 2.36. The Morgan fingerprint density at radius 1 is 1.44 bits per heavy atom. The lowest BCUT2D eigenvalue weighted by Gasteiger charge is -2.37. The summed E-state index contributed by atoms with van der Waals surface area (Å²) in [6, 6.07) is 8.26. The Balaban J connectivity index is 2.11. The summed E-state index contributed by atoms with van der Waals surface area (Å²) in [6.07, 6.45) is 1.87. The summed E-state index contributed by atoms with van der Waals surface area (Å²) in [5.74, 6) is 0.542. The van der Waals surface area contributed by atoms with Gasteiger partial charge in [0.05, 0.1) is 6.61 Å². The minimum atomic E-state index is -0.725. The SMILES string of the molecule is COCCNCC1(O)CCC(C)c2ccccc21. The zero-order valence-electron chi connectivity index (χ0n) is 11.3. The Bertz CT molecular complexity index is 394. The van der Waals surface area contributed by atoms with Crippen molar-refractivity contribution in [3.8, 4) is 0 Å². The topological polar surface area (TPSA) is 41.5 Å². The molecule has 1 aromatic rings. The molecule has 1 aromatic carbocycles. The summed E-state index contributed by atoms with van der Waals surface area (Å²) >= 11 is 0. The van der Waals surface area contributed by atoms with E-state index in [-0.39, 0.29) is 0 Å². The van der Waals surface area contributed by atoms with Gasteiger partial charge in [0.2, 0.25) is 0 Å². The van der Waals surface area contributed by atoms with Crippen LogP contribution in [0.3, 0.4) is 0 Å². The van der Waals surface area contributed by atoms with E-state index in [1.165, 1.54) is 5.56 Å². The van der Waals surface area contributed by atoms with Crippen LogP contribution in [0.4, 0.5) is 0 Å². The van der Waals surface area contributed by atoms with Crippen molar-refractivity contribution in [1.29, 1.82) is 0 Å². The van der Waals surface area contributed by atoms with Crippen LogP contribution in [0, 0.1) is 0 Å². The third kappa shape index (κ3) is 2.74. The fraction of sp³-hybridized carbons (Fsp3) is 0.600. The summed E-state index contributed by atoms with van der Waals surface area (Å²) in [5.41, 5.74) is 1.66. The molecule has 3 nitrogen and oxygen atoms in total. The number of aliphatic hydroxyl groups is 1. The third-order valence-electron chi connectivity index (χ3n) is 3.88. The van der Waals surface area contributed by atoms with Crippen molar-refractivity contribution in [3.05, 3.63) is 35.4 Å². The molecule has 0 aromatic heterocycles. The molecule has 0 aliphatic heterocycles. The molecule has 0 heterocycles. The van der Waals surface area contributed by atoms with Gasteiger partial charge in [0, 0.05) is 20.2 Å². The Morgan fingerprint density at radius 3 is 3.00 bits per heavy atom. The number of benzene rings is 1. The first-order valence-electron chi connectivity index (χ1n) is 6.69. The van der Waals surface area contributed by atoms with E-state index in [1.807, 2.05) is 6.07 Å². The number of nitrogens with one attached hydrogen (secondary N) is 1. The van der Waals surface area contributed by atoms with Gasteiger partial charge in [0.15, 0.2) is 0 Å². The molecule has 1 aliphatic rings. The van der Waals surface area contributed by atoms with E-state index in [4.69, 9.17) is 4.74 Å². The molecule has 2 rings (SSSR count). The van der Waals surface area contributed by atoms with Gasteiger partial charge in [-0.25, -0.2) is 0 Å². The molecule has 0 saturated carbocycles. The smallest absolute Gasteiger partial charge is 0.102 e. The summed E-state index contributed by atoms with van der Waals surface area (Å²) < 4.78 is 5.01. The van der Waals surface area contributed by atoms with Crippen LogP contribution in [0.2, 0.25) is 0 Å². The third-order valence-corrected chi connectivity index (χ3v) is 3.88. The average Bonchev–Trinajstić information content (AvgIpc) is 2.40. The number of hydrogen-bond acceptors (Lipinski definition) is 3. The highest BCUT2D eigenvalue weighted by atomic mass is 16.5. The zero-order chi connectivity index (χ0) is 13.0. The fourth-order valence-electron chi connectivity index (χ4n) is 2.75. The summed E-state index contributed by atoms with van der Waals surface area (Å²) in [7, 11) is 1.69. The molecule has 0 bridgehead atoms. The number of fused-ring (bicyclic) bond motifs is 1. The summed E-state index contributed by atoms with van der Waals surface area (Å²) in [4.78, 5) is 0. The molecule has 0 radical (unpaired) electrons. The van der Waals surface area contributed by atoms with Crippen molar-refractivity contribution in [2.45, 2.75) is 31.3 Å². The van der Waals surface area contributed by atoms with Crippen LogP contribution in [-0.2, 0) is 10.3 Å². The second kappa shape index (κ2) is 5.83. The largest absolute Gasteiger partial charge is 0.384 e. The number of hydrogen-bond donors (Lipinski definition) is 2. The standard InChI is InChI=1S/C15H23NO2/c1-12-7-8-15(17,11-16-9-10-18-2)14-6-4-3-5-13(12)14/h3-6,12,16-17H,7-11H2,1-2H3. The van der Waals surface area contributed by atoms with E-state index in [0.29, 0.717) is 19.1 Å². The van der Waals surface area contributed by atoms with Gasteiger partial charge in [-0.1, -0.05) is 31.2 Å². The first-order valence-corrected chi connectivity index (χ1v) is 6.69. The average molecular weight is 249 g/mol. The number of rotatable bonds is 5. The normalized spacial score (nSPS) is 26.9. The van der Waals surface area contributed by atoms with Crippen molar-refractivity contribution in [3.63, 3.8) is 0 Å². The van der Waals surface area contributed by atoms with Crippen LogP contribution in [0.1, 0.15) is 36.8 Å². The first kappa shape index (κ1) is 13.5. The van der Waals surface area contributed by atoms with E-state index in [0.717, 1.165) is 24.9 Å². The van der Waals surface area contributed by atoms with Crippen molar-refractivity contribution in [1.82, 2.24) is 5.32 Å². The Kier molecular flexibility index (Phi) is 4.38. The Labute approximate surface area is 109 Å².